The van der Waals surface area contributed by atoms with Crippen LogP contribution < -0.4 is 4.90 Å². The van der Waals surface area contributed by atoms with Crippen LogP contribution in [0.5, 0.6) is 0 Å². The lowest BCUT2D eigenvalue weighted by atomic mass is 9.77. The molecule has 1 aromatic rings. The molecule has 1 aromatic carbocycles. The molecular weight excluding hydrogens is 521 g/mol. The molecule has 3 saturated heterocycles. The van der Waals surface area contributed by atoms with Crippen LogP contribution in [0.15, 0.2) is 47.4 Å². The van der Waals surface area contributed by atoms with Gasteiger partial charge in [0, 0.05) is 12.2 Å². The van der Waals surface area contributed by atoms with E-state index in [9.17, 15) is 18.0 Å². The predicted octanol–water partition coefficient (Wildman–Crippen LogP) is 4.89. The number of aliphatic carboxylic acids is 2. The van der Waals surface area contributed by atoms with Gasteiger partial charge in [0.25, 0.3) is 0 Å². The van der Waals surface area contributed by atoms with Gasteiger partial charge >= 0.3 is 18.1 Å². The van der Waals surface area contributed by atoms with Crippen LogP contribution in [0.25, 0.3) is 0 Å². The number of hydrogen-bond donors (Lipinski definition) is 2. The molecule has 38 heavy (non-hydrogen) atoms. The molecule has 1 spiro atoms. The Morgan fingerprint density at radius 1 is 1.03 bits per heavy atom. The minimum absolute atomic E-state index is 0.0879. The second-order valence-electron chi connectivity index (χ2n) is 10.1. The highest BCUT2D eigenvalue weighted by atomic mass is 32.2. The standard InChI is InChI=1S/C25H29F3N2OS.C2H2O4/c26-25(27,28)19-4-6-20(7-5-19)30-16-12-24(23(30)31)10-14-29(15-11-24)13-8-18-2-1-3-22-21(18)9-17-32-22;3-1(4)2(5)6/h1-7,18,21H,8-17H2;(H,3,4)(H,5,6). The van der Waals surface area contributed by atoms with Gasteiger partial charge in [-0.2, -0.15) is 13.2 Å². The number of hydrogen-bond acceptors (Lipinski definition) is 5. The number of carboxylic acid groups (broad SMARTS) is 2. The Balaban J connectivity index is 0.000000505. The average molecular weight is 553 g/mol. The predicted molar refractivity (Wildman–Crippen MR) is 138 cm³/mol. The molecular formula is C27H31F3N2O5S. The fraction of sp³-hybridized carbons (Fsp3) is 0.519. The first kappa shape index (κ1) is 28.2. The molecule has 4 aliphatic rings. The van der Waals surface area contributed by atoms with Gasteiger partial charge < -0.3 is 20.0 Å². The molecule has 1 amide bonds. The third-order valence-corrected chi connectivity index (χ3v) is 9.20. The number of likely N-dealkylation sites (tertiary alicyclic amines) is 1. The average Bonchev–Trinajstić information content (AvgIpc) is 3.49. The number of carbonyl (C=O) groups is 3. The summed E-state index contributed by atoms with van der Waals surface area (Å²) in [6.45, 7) is 3.50. The number of nitrogens with zero attached hydrogens (tertiary/aromatic N) is 2. The SMILES string of the molecule is O=C(O)C(=O)O.O=C1N(c2ccc(C(F)(F)F)cc2)CCC12CCN(CCC1C=CC=C3SCCC31)CC2. The normalized spacial score (nSPS) is 24.6. The molecule has 2 N–H and O–H groups in total. The summed E-state index contributed by atoms with van der Waals surface area (Å²) in [5.74, 6) is -0.993. The van der Waals surface area contributed by atoms with E-state index in [4.69, 9.17) is 19.8 Å². The number of rotatable bonds is 4. The largest absolute Gasteiger partial charge is 0.473 e. The van der Waals surface area contributed by atoms with Gasteiger partial charge in [0.1, 0.15) is 0 Å². The van der Waals surface area contributed by atoms with Gasteiger partial charge in [0.15, 0.2) is 0 Å². The fourth-order valence-corrected chi connectivity index (χ4v) is 7.06. The third-order valence-electron chi connectivity index (χ3n) is 7.99. The van der Waals surface area contributed by atoms with Crippen LogP contribution in [0.4, 0.5) is 18.9 Å². The summed E-state index contributed by atoms with van der Waals surface area (Å²) in [4.78, 5) is 37.2. The highest BCUT2D eigenvalue weighted by molar-refractivity contribution is 8.03. The van der Waals surface area contributed by atoms with Crippen molar-refractivity contribution in [1.29, 1.82) is 0 Å². The number of thioether (sulfide) groups is 1. The van der Waals surface area contributed by atoms with Crippen LogP contribution in [0.2, 0.25) is 0 Å². The lowest BCUT2D eigenvalue weighted by Crippen LogP contribution is -2.45. The number of halogens is 3. The smallest absolute Gasteiger partial charge is 0.416 e. The molecule has 3 fully saturated rings. The van der Waals surface area contributed by atoms with E-state index in [1.807, 2.05) is 11.8 Å². The zero-order valence-electron chi connectivity index (χ0n) is 20.8. The second kappa shape index (κ2) is 11.5. The zero-order valence-corrected chi connectivity index (χ0v) is 21.6. The van der Waals surface area contributed by atoms with Crippen LogP contribution in [0.1, 0.15) is 37.7 Å². The first-order valence-electron chi connectivity index (χ1n) is 12.7. The lowest BCUT2D eigenvalue weighted by molar-refractivity contribution is -0.159. The van der Waals surface area contributed by atoms with E-state index in [1.54, 1.807) is 9.81 Å². The van der Waals surface area contributed by atoms with Crippen molar-refractivity contribution in [2.24, 2.45) is 17.3 Å². The van der Waals surface area contributed by atoms with Crippen molar-refractivity contribution in [3.63, 3.8) is 0 Å². The molecule has 0 saturated carbocycles. The van der Waals surface area contributed by atoms with Crippen LogP contribution in [-0.4, -0.2) is 64.9 Å². The Hall–Kier alpha value is -2.79. The molecule has 7 nitrogen and oxygen atoms in total. The summed E-state index contributed by atoms with van der Waals surface area (Å²) in [7, 11) is 0. The Labute approximate surface area is 223 Å². The first-order valence-corrected chi connectivity index (χ1v) is 13.7. The topological polar surface area (TPSA) is 98.1 Å². The zero-order chi connectivity index (χ0) is 27.5. The van der Waals surface area contributed by atoms with Crippen molar-refractivity contribution in [3.8, 4) is 0 Å². The molecule has 2 unspecified atom stereocenters. The van der Waals surface area contributed by atoms with Crippen LogP contribution >= 0.6 is 11.8 Å². The maximum Gasteiger partial charge on any atom is 0.416 e. The summed E-state index contributed by atoms with van der Waals surface area (Å²) < 4.78 is 38.5. The Morgan fingerprint density at radius 3 is 2.26 bits per heavy atom. The van der Waals surface area contributed by atoms with E-state index in [2.05, 4.69) is 23.1 Å². The Morgan fingerprint density at radius 2 is 1.66 bits per heavy atom. The van der Waals surface area contributed by atoms with Gasteiger partial charge in [0.2, 0.25) is 5.91 Å². The minimum atomic E-state index is -4.36. The number of allylic oxidation sites excluding steroid dienone is 4. The molecule has 3 heterocycles. The molecule has 1 aliphatic carbocycles. The molecule has 0 radical (unpaired) electrons. The second-order valence-corrected chi connectivity index (χ2v) is 11.3. The van der Waals surface area contributed by atoms with Gasteiger partial charge in [-0.25, -0.2) is 9.59 Å². The first-order chi connectivity index (χ1) is 18.0. The van der Waals surface area contributed by atoms with Crippen molar-refractivity contribution >= 4 is 35.3 Å². The quantitative estimate of drug-likeness (QED) is 0.513. The maximum absolute atomic E-state index is 13.3. The molecule has 0 bridgehead atoms. The number of piperidine rings is 1. The molecule has 11 heteroatoms. The molecule has 3 aliphatic heterocycles. The van der Waals surface area contributed by atoms with Gasteiger partial charge in [0.05, 0.1) is 11.0 Å². The van der Waals surface area contributed by atoms with Gasteiger partial charge in [-0.05, 0) is 98.5 Å². The Bertz CT molecular complexity index is 1100. The molecule has 2 atom stereocenters. The number of amides is 1. The van der Waals surface area contributed by atoms with E-state index in [0.29, 0.717) is 24.1 Å². The van der Waals surface area contributed by atoms with E-state index < -0.39 is 23.7 Å². The van der Waals surface area contributed by atoms with E-state index in [1.165, 1.54) is 24.3 Å². The highest BCUT2D eigenvalue weighted by Crippen LogP contribution is 2.46. The number of carbonyl (C=O) groups excluding carboxylic acids is 1. The highest BCUT2D eigenvalue weighted by Gasteiger charge is 2.48. The van der Waals surface area contributed by atoms with Crippen molar-refractivity contribution in [3.05, 3.63) is 53.0 Å². The minimum Gasteiger partial charge on any atom is -0.473 e. The summed E-state index contributed by atoms with van der Waals surface area (Å²) in [5, 5.41) is 14.8. The maximum atomic E-state index is 13.3. The van der Waals surface area contributed by atoms with E-state index >= 15 is 0 Å². The lowest BCUT2D eigenvalue weighted by Gasteiger charge is -2.38. The van der Waals surface area contributed by atoms with Crippen molar-refractivity contribution < 1.29 is 37.8 Å². The van der Waals surface area contributed by atoms with Crippen molar-refractivity contribution in [2.75, 3.05) is 36.8 Å². The van der Waals surface area contributed by atoms with E-state index in [0.717, 1.165) is 57.5 Å². The van der Waals surface area contributed by atoms with E-state index in [-0.39, 0.29) is 11.3 Å². The number of alkyl halides is 3. The van der Waals surface area contributed by atoms with Crippen LogP contribution in [0.3, 0.4) is 0 Å². The van der Waals surface area contributed by atoms with Crippen LogP contribution in [0, 0.1) is 17.3 Å². The van der Waals surface area contributed by atoms with Crippen molar-refractivity contribution in [2.45, 2.75) is 38.3 Å². The van der Waals surface area contributed by atoms with Gasteiger partial charge in [-0.15, -0.1) is 11.8 Å². The number of anilines is 1. The number of carboxylic acids is 2. The number of fused-ring (bicyclic) bond motifs is 1. The molecule has 206 valence electrons. The molecule has 0 aromatic heterocycles. The molecule has 5 rings (SSSR count). The van der Waals surface area contributed by atoms with Crippen molar-refractivity contribution in [1.82, 2.24) is 4.90 Å². The summed E-state index contributed by atoms with van der Waals surface area (Å²) >= 11 is 2.00. The summed E-state index contributed by atoms with van der Waals surface area (Å²) in [5.41, 5.74) is -0.450. The third kappa shape index (κ3) is 6.26. The van der Waals surface area contributed by atoms with Crippen LogP contribution in [-0.2, 0) is 20.6 Å². The van der Waals surface area contributed by atoms with Gasteiger partial charge in [-0.3, -0.25) is 4.79 Å². The summed E-state index contributed by atoms with van der Waals surface area (Å²) in [6.07, 6.45) is 7.42. The monoisotopic (exact) mass is 552 g/mol. The Kier molecular flexibility index (Phi) is 8.56. The van der Waals surface area contributed by atoms with Gasteiger partial charge in [-0.1, -0.05) is 18.2 Å². The fourth-order valence-electron chi connectivity index (χ4n) is 5.77. The summed E-state index contributed by atoms with van der Waals surface area (Å²) in [6, 6.07) is 4.99. The number of benzene rings is 1.